The summed E-state index contributed by atoms with van der Waals surface area (Å²) in [5.74, 6) is 0.671. The molecule has 1 aliphatic heterocycles. The van der Waals surface area contributed by atoms with Crippen molar-refractivity contribution in [2.24, 2.45) is 4.99 Å². The molecule has 0 aliphatic carbocycles. The Morgan fingerprint density at radius 3 is 2.61 bits per heavy atom. The molecular formula is C19H29F3IN3O2. The van der Waals surface area contributed by atoms with E-state index in [2.05, 4.69) is 15.6 Å². The molecule has 1 aliphatic rings. The second kappa shape index (κ2) is 13.2. The molecule has 1 atom stereocenters. The first-order valence-electron chi connectivity index (χ1n) is 9.36. The molecule has 0 radical (unpaired) electrons. The van der Waals surface area contributed by atoms with Gasteiger partial charge in [0.25, 0.3) is 0 Å². The number of ether oxygens (including phenoxy) is 2. The van der Waals surface area contributed by atoms with Crippen molar-refractivity contribution in [1.29, 1.82) is 0 Å². The van der Waals surface area contributed by atoms with E-state index in [9.17, 15) is 13.2 Å². The third-order valence-corrected chi connectivity index (χ3v) is 4.16. The van der Waals surface area contributed by atoms with Crippen LogP contribution in [0.2, 0.25) is 0 Å². The van der Waals surface area contributed by atoms with Crippen LogP contribution in [0.5, 0.6) is 0 Å². The lowest BCUT2D eigenvalue weighted by Crippen LogP contribution is -2.38. The fraction of sp³-hybridized carbons (Fsp3) is 0.632. The first-order chi connectivity index (χ1) is 13.0. The largest absolute Gasteiger partial charge is 0.416 e. The van der Waals surface area contributed by atoms with E-state index in [0.29, 0.717) is 38.7 Å². The second-order valence-corrected chi connectivity index (χ2v) is 6.34. The molecule has 1 saturated heterocycles. The molecule has 1 heterocycles. The van der Waals surface area contributed by atoms with Gasteiger partial charge in [-0.1, -0.05) is 12.1 Å². The molecule has 1 aromatic rings. The molecule has 0 aromatic heterocycles. The van der Waals surface area contributed by atoms with Crippen LogP contribution in [-0.4, -0.2) is 51.5 Å². The molecule has 0 spiro atoms. The minimum atomic E-state index is -4.30. The molecule has 2 N–H and O–H groups in total. The highest BCUT2D eigenvalue weighted by Gasteiger charge is 2.29. The Kier molecular flexibility index (Phi) is 11.8. The lowest BCUT2D eigenvalue weighted by molar-refractivity contribution is -0.137. The molecule has 5 nitrogen and oxygen atoms in total. The van der Waals surface area contributed by atoms with E-state index < -0.39 is 11.7 Å². The number of halogens is 4. The van der Waals surface area contributed by atoms with E-state index in [0.717, 1.165) is 43.7 Å². The zero-order chi connectivity index (χ0) is 19.5. The number of guanidine groups is 1. The maximum atomic E-state index is 12.6. The average molecular weight is 515 g/mol. The standard InChI is InChI=1S/C19H28F3N3O2.HI/c1-2-23-18(25-11-13-26-14-17-4-3-12-27-17)24-10-9-15-5-7-16(8-6-15)19(20,21)22;/h5-8,17H,2-4,9-14H2,1H3,(H2,23,24,25);1H. The summed E-state index contributed by atoms with van der Waals surface area (Å²) in [6.07, 6.45) is -1.33. The van der Waals surface area contributed by atoms with Crippen LogP contribution in [0.25, 0.3) is 0 Å². The van der Waals surface area contributed by atoms with E-state index in [1.54, 1.807) is 0 Å². The van der Waals surface area contributed by atoms with Gasteiger partial charge in [-0.15, -0.1) is 24.0 Å². The molecule has 2 rings (SSSR count). The summed E-state index contributed by atoms with van der Waals surface area (Å²) < 4.78 is 48.8. The first-order valence-corrected chi connectivity index (χ1v) is 9.36. The van der Waals surface area contributed by atoms with Gasteiger partial charge in [0.2, 0.25) is 0 Å². The lowest BCUT2D eigenvalue weighted by Gasteiger charge is -2.12. The van der Waals surface area contributed by atoms with Crippen molar-refractivity contribution >= 4 is 29.9 Å². The fourth-order valence-corrected chi connectivity index (χ4v) is 2.74. The van der Waals surface area contributed by atoms with Crippen molar-refractivity contribution in [2.45, 2.75) is 38.5 Å². The fourth-order valence-electron chi connectivity index (χ4n) is 2.74. The molecule has 28 heavy (non-hydrogen) atoms. The molecule has 9 heteroatoms. The topological polar surface area (TPSA) is 54.9 Å². The van der Waals surface area contributed by atoms with Crippen LogP contribution < -0.4 is 10.6 Å². The zero-order valence-electron chi connectivity index (χ0n) is 16.1. The van der Waals surface area contributed by atoms with Gasteiger partial charge in [-0.05, 0) is 43.9 Å². The van der Waals surface area contributed by atoms with Gasteiger partial charge in [-0.25, -0.2) is 0 Å². The number of rotatable bonds is 9. The summed E-state index contributed by atoms with van der Waals surface area (Å²) in [7, 11) is 0. The summed E-state index contributed by atoms with van der Waals surface area (Å²) in [5.41, 5.74) is 0.211. The molecule has 0 bridgehead atoms. The van der Waals surface area contributed by atoms with Crippen molar-refractivity contribution in [1.82, 2.24) is 10.6 Å². The third kappa shape index (κ3) is 9.42. The Morgan fingerprint density at radius 2 is 2.00 bits per heavy atom. The highest BCUT2D eigenvalue weighted by Crippen LogP contribution is 2.29. The van der Waals surface area contributed by atoms with Gasteiger partial charge in [0.05, 0.1) is 31.4 Å². The Morgan fingerprint density at radius 1 is 1.25 bits per heavy atom. The van der Waals surface area contributed by atoms with Crippen LogP contribution in [0.1, 0.15) is 30.9 Å². The number of hydrogen-bond acceptors (Lipinski definition) is 3. The third-order valence-electron chi connectivity index (χ3n) is 4.16. The summed E-state index contributed by atoms with van der Waals surface area (Å²) in [6, 6.07) is 5.24. The van der Waals surface area contributed by atoms with Crippen molar-refractivity contribution in [3.63, 3.8) is 0 Å². The first kappa shape index (κ1) is 25.0. The maximum Gasteiger partial charge on any atom is 0.416 e. The highest BCUT2D eigenvalue weighted by molar-refractivity contribution is 14.0. The van der Waals surface area contributed by atoms with Crippen LogP contribution in [0.4, 0.5) is 13.2 Å². The van der Waals surface area contributed by atoms with E-state index in [-0.39, 0.29) is 30.1 Å². The molecule has 0 saturated carbocycles. The van der Waals surface area contributed by atoms with Crippen LogP contribution in [0.15, 0.2) is 29.3 Å². The van der Waals surface area contributed by atoms with Crippen molar-refractivity contribution in [3.8, 4) is 0 Å². The predicted molar refractivity (Wildman–Crippen MR) is 114 cm³/mol. The predicted octanol–water partition coefficient (Wildman–Crippen LogP) is 3.62. The van der Waals surface area contributed by atoms with E-state index in [1.807, 2.05) is 6.92 Å². The van der Waals surface area contributed by atoms with Gasteiger partial charge in [-0.2, -0.15) is 13.2 Å². The minimum Gasteiger partial charge on any atom is -0.377 e. The SMILES string of the molecule is CCNC(=NCCOCC1CCCO1)NCCc1ccc(C(F)(F)F)cc1.I. The zero-order valence-corrected chi connectivity index (χ0v) is 18.4. The Balaban J connectivity index is 0.00000392. The number of nitrogens with one attached hydrogen (secondary N) is 2. The summed E-state index contributed by atoms with van der Waals surface area (Å²) in [5, 5.41) is 6.32. The normalized spacial score (nSPS) is 17.3. The van der Waals surface area contributed by atoms with Gasteiger partial charge in [0.1, 0.15) is 0 Å². The maximum absolute atomic E-state index is 12.6. The molecule has 1 fully saturated rings. The number of alkyl halides is 3. The minimum absolute atomic E-state index is 0. The van der Waals surface area contributed by atoms with E-state index in [4.69, 9.17) is 9.47 Å². The highest BCUT2D eigenvalue weighted by atomic mass is 127. The van der Waals surface area contributed by atoms with Gasteiger partial charge >= 0.3 is 6.18 Å². The average Bonchev–Trinajstić information content (AvgIpc) is 3.14. The number of nitrogens with zero attached hydrogens (tertiary/aromatic N) is 1. The Bertz CT molecular complexity index is 577. The van der Waals surface area contributed by atoms with Crippen molar-refractivity contribution in [3.05, 3.63) is 35.4 Å². The molecule has 0 amide bonds. The molecular weight excluding hydrogens is 486 g/mol. The second-order valence-electron chi connectivity index (χ2n) is 6.34. The van der Waals surface area contributed by atoms with E-state index in [1.165, 1.54) is 12.1 Å². The number of hydrogen-bond donors (Lipinski definition) is 2. The number of benzene rings is 1. The van der Waals surface area contributed by atoms with Crippen LogP contribution in [-0.2, 0) is 22.1 Å². The smallest absolute Gasteiger partial charge is 0.377 e. The monoisotopic (exact) mass is 515 g/mol. The quantitative estimate of drug-likeness (QED) is 0.229. The molecule has 1 aromatic carbocycles. The summed E-state index contributed by atoms with van der Waals surface area (Å²) in [6.45, 7) is 5.75. The Labute approximate surface area is 181 Å². The summed E-state index contributed by atoms with van der Waals surface area (Å²) in [4.78, 5) is 4.44. The number of aliphatic imine (C=N–C) groups is 1. The van der Waals surface area contributed by atoms with Gasteiger partial charge in [-0.3, -0.25) is 4.99 Å². The molecule has 1 unspecified atom stereocenters. The molecule has 160 valence electrons. The van der Waals surface area contributed by atoms with Gasteiger partial charge in [0.15, 0.2) is 5.96 Å². The van der Waals surface area contributed by atoms with Gasteiger partial charge in [0, 0.05) is 19.7 Å². The summed E-state index contributed by atoms with van der Waals surface area (Å²) >= 11 is 0. The lowest BCUT2D eigenvalue weighted by atomic mass is 10.1. The van der Waals surface area contributed by atoms with Crippen LogP contribution >= 0.6 is 24.0 Å². The van der Waals surface area contributed by atoms with Gasteiger partial charge < -0.3 is 20.1 Å². The van der Waals surface area contributed by atoms with Crippen LogP contribution in [0, 0.1) is 0 Å². The van der Waals surface area contributed by atoms with Crippen LogP contribution in [0.3, 0.4) is 0 Å². The van der Waals surface area contributed by atoms with E-state index >= 15 is 0 Å². The van der Waals surface area contributed by atoms with Crippen molar-refractivity contribution < 1.29 is 22.6 Å². The van der Waals surface area contributed by atoms with Crippen molar-refractivity contribution in [2.75, 3.05) is 39.5 Å². The Hall–Kier alpha value is -1.07.